The van der Waals surface area contributed by atoms with Crippen LogP contribution in [0.5, 0.6) is 0 Å². The molecule has 1 heteroatoms. The smallest absolute Gasteiger partial charge is 0.133 e. The molecule has 1 aliphatic rings. The van der Waals surface area contributed by atoms with Crippen molar-refractivity contribution in [3.8, 4) is 0 Å². The molecule has 0 fully saturated rings. The molecule has 0 saturated heterocycles. The van der Waals surface area contributed by atoms with Gasteiger partial charge in [0.2, 0.25) is 0 Å². The number of hydrogen-bond acceptors (Lipinski definition) is 0. The highest BCUT2D eigenvalue weighted by atomic mass is 19.1. The third kappa shape index (κ3) is 2.11. The van der Waals surface area contributed by atoms with E-state index in [1.165, 1.54) is 21.6 Å². The van der Waals surface area contributed by atoms with Crippen LogP contribution in [0.25, 0.3) is 11.6 Å². The summed E-state index contributed by atoms with van der Waals surface area (Å²) < 4.78 is 14.7. The van der Waals surface area contributed by atoms with Gasteiger partial charge in [0.1, 0.15) is 5.67 Å². The maximum Gasteiger partial charge on any atom is 0.133 e. The largest absolute Gasteiger partial charge is 0.239 e. The summed E-state index contributed by atoms with van der Waals surface area (Å²) in [6.45, 7) is 10.3. The molecule has 0 bridgehead atoms. The van der Waals surface area contributed by atoms with Gasteiger partial charge >= 0.3 is 0 Å². The van der Waals surface area contributed by atoms with Gasteiger partial charge in [-0.2, -0.15) is 0 Å². The van der Waals surface area contributed by atoms with Gasteiger partial charge in [-0.25, -0.2) is 4.39 Å². The van der Waals surface area contributed by atoms with Crippen molar-refractivity contribution in [1.82, 2.24) is 0 Å². The quantitative estimate of drug-likeness (QED) is 0.748. The number of alkyl halides is 1. The summed E-state index contributed by atoms with van der Waals surface area (Å²) in [5, 5.41) is 2.40. The average Bonchev–Trinajstić information content (AvgIpc) is 2.27. The first-order valence-corrected chi connectivity index (χ1v) is 6.90. The third-order valence-electron chi connectivity index (χ3n) is 3.96. The summed E-state index contributed by atoms with van der Waals surface area (Å²) in [7, 11) is 0. The van der Waals surface area contributed by atoms with Gasteiger partial charge < -0.3 is 0 Å². The highest BCUT2D eigenvalue weighted by Gasteiger charge is 2.30. The molecule has 18 heavy (non-hydrogen) atoms. The second-order valence-electron chi connectivity index (χ2n) is 5.91. The summed E-state index contributed by atoms with van der Waals surface area (Å²) in [5.41, 5.74) is 2.36. The second-order valence-corrected chi connectivity index (χ2v) is 5.91. The van der Waals surface area contributed by atoms with Gasteiger partial charge in [0, 0.05) is 6.42 Å². The third-order valence-corrected chi connectivity index (χ3v) is 3.96. The van der Waals surface area contributed by atoms with Crippen molar-refractivity contribution in [3.05, 3.63) is 33.7 Å². The molecule has 0 N–H and O–H groups in total. The van der Waals surface area contributed by atoms with Crippen LogP contribution in [0.4, 0.5) is 4.39 Å². The molecule has 0 radical (unpaired) electrons. The predicted octanol–water partition coefficient (Wildman–Crippen LogP) is 3.59. The molecule has 2 rings (SSSR count). The number of benzene rings is 1. The second kappa shape index (κ2) is 4.53. The minimum absolute atomic E-state index is 0.433. The van der Waals surface area contributed by atoms with Crippen LogP contribution in [0.1, 0.15) is 57.6 Å². The van der Waals surface area contributed by atoms with Crippen molar-refractivity contribution in [2.75, 3.05) is 0 Å². The molecule has 1 unspecified atom stereocenters. The number of rotatable bonds is 2. The van der Waals surface area contributed by atoms with E-state index in [0.717, 1.165) is 12.0 Å². The lowest BCUT2D eigenvalue weighted by Gasteiger charge is -2.27. The minimum atomic E-state index is -1.18. The Bertz CT molecular complexity index is 576. The van der Waals surface area contributed by atoms with Gasteiger partial charge in [0.15, 0.2) is 0 Å². The molecule has 1 aliphatic carbocycles. The van der Waals surface area contributed by atoms with Gasteiger partial charge in [-0.15, -0.1) is 0 Å². The summed E-state index contributed by atoms with van der Waals surface area (Å²) >= 11 is 0. The van der Waals surface area contributed by atoms with Gasteiger partial charge in [-0.3, -0.25) is 0 Å². The molecule has 0 heterocycles. The van der Waals surface area contributed by atoms with Crippen molar-refractivity contribution >= 4 is 11.6 Å². The summed E-state index contributed by atoms with van der Waals surface area (Å²) in [6.07, 6.45) is 3.36. The van der Waals surface area contributed by atoms with Crippen LogP contribution in [0.2, 0.25) is 0 Å². The van der Waals surface area contributed by atoms with Gasteiger partial charge in [0.05, 0.1) is 0 Å². The lowest BCUT2D eigenvalue weighted by Crippen LogP contribution is -2.41. The van der Waals surface area contributed by atoms with Crippen LogP contribution in [0, 0.1) is 6.92 Å². The molecule has 98 valence electrons. The van der Waals surface area contributed by atoms with Crippen molar-refractivity contribution in [1.29, 1.82) is 0 Å². The topological polar surface area (TPSA) is 0 Å². The van der Waals surface area contributed by atoms with E-state index in [2.05, 4.69) is 45.9 Å². The Morgan fingerprint density at radius 2 is 2.00 bits per heavy atom. The fraction of sp³-hybridized carbons (Fsp3) is 0.529. The lowest BCUT2D eigenvalue weighted by molar-refractivity contribution is 0.271. The Labute approximate surface area is 109 Å². The number of fused-ring (bicyclic) bond motifs is 1. The zero-order valence-corrected chi connectivity index (χ0v) is 12.1. The maximum atomic E-state index is 14.7. The molecular formula is C17H23F. The van der Waals surface area contributed by atoms with Crippen LogP contribution < -0.4 is 10.4 Å². The Kier molecular flexibility index (Phi) is 3.35. The number of aryl methyl sites for hydroxylation is 1. The number of hydrogen-bond donors (Lipinski definition) is 0. The van der Waals surface area contributed by atoms with Gasteiger partial charge in [0.25, 0.3) is 0 Å². The van der Waals surface area contributed by atoms with E-state index in [1.54, 1.807) is 6.92 Å². The van der Waals surface area contributed by atoms with Gasteiger partial charge in [-0.05, 0) is 47.8 Å². The van der Waals surface area contributed by atoms with E-state index in [9.17, 15) is 4.39 Å². The Morgan fingerprint density at radius 1 is 1.33 bits per heavy atom. The van der Waals surface area contributed by atoms with Crippen molar-refractivity contribution in [2.45, 2.75) is 59.0 Å². The van der Waals surface area contributed by atoms with Crippen LogP contribution in [0.3, 0.4) is 0 Å². The van der Waals surface area contributed by atoms with Crippen LogP contribution in [-0.4, -0.2) is 5.67 Å². The van der Waals surface area contributed by atoms with Crippen molar-refractivity contribution in [2.24, 2.45) is 0 Å². The Balaban J connectivity index is 2.94. The summed E-state index contributed by atoms with van der Waals surface area (Å²) in [4.78, 5) is 0. The van der Waals surface area contributed by atoms with Gasteiger partial charge in [-0.1, -0.05) is 44.5 Å². The normalized spacial score (nSPS) is 22.9. The van der Waals surface area contributed by atoms with E-state index in [-0.39, 0.29) is 0 Å². The van der Waals surface area contributed by atoms with E-state index < -0.39 is 5.67 Å². The minimum Gasteiger partial charge on any atom is -0.239 e. The standard InChI is InChI=1S/C17H23F/c1-6-15-16-13(7-8-17(15,5)18)9-12(4)10-14(16)11(2)3/h7,9-11H,6,8H2,1-5H3. The highest BCUT2D eigenvalue weighted by molar-refractivity contribution is 5.61. The fourth-order valence-corrected chi connectivity index (χ4v) is 3.04. The van der Waals surface area contributed by atoms with E-state index in [4.69, 9.17) is 0 Å². The Hall–Kier alpha value is -1.11. The molecule has 0 nitrogen and oxygen atoms in total. The van der Waals surface area contributed by atoms with Crippen LogP contribution >= 0.6 is 0 Å². The first-order chi connectivity index (χ1) is 8.36. The zero-order valence-electron chi connectivity index (χ0n) is 12.1. The lowest BCUT2D eigenvalue weighted by atomic mass is 9.82. The Morgan fingerprint density at radius 3 is 2.56 bits per heavy atom. The maximum absolute atomic E-state index is 14.7. The molecule has 0 aromatic heterocycles. The molecule has 1 aromatic carbocycles. The first-order valence-electron chi connectivity index (χ1n) is 6.90. The number of halogens is 1. The van der Waals surface area contributed by atoms with Crippen LogP contribution in [0.15, 0.2) is 12.1 Å². The van der Waals surface area contributed by atoms with E-state index >= 15 is 0 Å². The van der Waals surface area contributed by atoms with E-state index in [0.29, 0.717) is 12.3 Å². The first kappa shape index (κ1) is 13.3. The molecule has 0 spiro atoms. The summed E-state index contributed by atoms with van der Waals surface area (Å²) in [5.74, 6) is 0.433. The zero-order chi connectivity index (χ0) is 13.5. The van der Waals surface area contributed by atoms with Crippen molar-refractivity contribution < 1.29 is 4.39 Å². The van der Waals surface area contributed by atoms with Crippen LogP contribution in [-0.2, 0) is 0 Å². The molecular weight excluding hydrogens is 223 g/mol. The molecule has 1 aromatic rings. The molecule has 0 saturated carbocycles. The fourth-order valence-electron chi connectivity index (χ4n) is 3.04. The molecule has 1 atom stereocenters. The molecule has 0 amide bonds. The van der Waals surface area contributed by atoms with Crippen molar-refractivity contribution in [3.63, 3.8) is 0 Å². The van der Waals surface area contributed by atoms with E-state index in [1.807, 2.05) is 0 Å². The summed E-state index contributed by atoms with van der Waals surface area (Å²) in [6, 6.07) is 4.40. The highest BCUT2D eigenvalue weighted by Crippen LogP contribution is 2.30. The SMILES string of the molecule is CCC1=c2c(C(C)C)cc(C)cc2=CCC1(C)F. The average molecular weight is 246 g/mol. The monoisotopic (exact) mass is 246 g/mol. The molecule has 0 aliphatic heterocycles. The predicted molar refractivity (Wildman–Crippen MR) is 76.8 cm³/mol.